The average Bonchev–Trinajstić information content (AvgIpc) is 2.76. The summed E-state index contributed by atoms with van der Waals surface area (Å²) in [7, 11) is 0. The van der Waals surface area contributed by atoms with Crippen LogP contribution in [-0.4, -0.2) is 31.6 Å². The number of nitro benzene ring substituents is 1. The molecule has 0 saturated heterocycles. The molecule has 0 fully saturated rings. The van der Waals surface area contributed by atoms with Crippen molar-refractivity contribution in [3.63, 3.8) is 0 Å². The molecule has 0 amide bonds. The minimum absolute atomic E-state index is 0.0655. The number of carbonyl (C=O) groups is 1. The van der Waals surface area contributed by atoms with Gasteiger partial charge in [-0.1, -0.05) is 11.6 Å². The molecule has 12 nitrogen and oxygen atoms in total. The molecule has 16 heteroatoms. The molecule has 1 heterocycles. The fourth-order valence-electron chi connectivity index (χ4n) is 3.02. The molecule has 0 unspecified atom stereocenters. The van der Waals surface area contributed by atoms with E-state index in [0.29, 0.717) is 10.6 Å². The Labute approximate surface area is 202 Å². The summed E-state index contributed by atoms with van der Waals surface area (Å²) in [5.74, 6) is -1.41. The maximum Gasteiger partial charge on any atom is 0.417 e. The zero-order valence-electron chi connectivity index (χ0n) is 18.0. The molecule has 0 saturated carbocycles. The molecule has 190 valence electrons. The Bertz CT molecular complexity index is 1530. The highest BCUT2D eigenvalue weighted by atomic mass is 35.5. The van der Waals surface area contributed by atoms with E-state index < -0.39 is 62.6 Å². The summed E-state index contributed by atoms with van der Waals surface area (Å²) in [5.41, 5.74) is -6.55. The van der Waals surface area contributed by atoms with Crippen LogP contribution in [0.5, 0.6) is 11.5 Å². The van der Waals surface area contributed by atoms with Gasteiger partial charge < -0.3 is 9.47 Å². The Morgan fingerprint density at radius 1 is 1.11 bits per heavy atom. The fraction of sp³-hybridized carbons (Fsp3) is 0.200. The summed E-state index contributed by atoms with van der Waals surface area (Å²) in [6.07, 6.45) is -4.72. The van der Waals surface area contributed by atoms with Gasteiger partial charge in [-0.3, -0.25) is 19.9 Å². The molecule has 1 aromatic heterocycles. The number of H-pyrrole nitrogens is 1. The Morgan fingerprint density at radius 2 is 1.75 bits per heavy atom. The first-order valence-electron chi connectivity index (χ1n) is 9.78. The number of esters is 1. The first-order chi connectivity index (χ1) is 16.8. The van der Waals surface area contributed by atoms with Crippen LogP contribution in [0.2, 0.25) is 5.02 Å². The Hall–Kier alpha value is -4.40. The van der Waals surface area contributed by atoms with Gasteiger partial charge in [-0.25, -0.2) is 23.5 Å². The van der Waals surface area contributed by atoms with E-state index in [4.69, 9.17) is 16.3 Å². The van der Waals surface area contributed by atoms with Gasteiger partial charge in [0.05, 0.1) is 22.1 Å². The number of ether oxygens (including phenoxy) is 2. The second-order valence-electron chi connectivity index (χ2n) is 6.89. The van der Waals surface area contributed by atoms with E-state index in [-0.39, 0.29) is 22.7 Å². The molecule has 36 heavy (non-hydrogen) atoms. The fourth-order valence-corrected chi connectivity index (χ4v) is 3.30. The monoisotopic (exact) mass is 530 g/mol. The highest BCUT2D eigenvalue weighted by molar-refractivity contribution is 6.31. The maximum absolute atomic E-state index is 12.9. The van der Waals surface area contributed by atoms with E-state index in [9.17, 15) is 42.5 Å². The highest BCUT2D eigenvalue weighted by Gasteiger charge is 2.33. The van der Waals surface area contributed by atoms with Gasteiger partial charge in [-0.2, -0.15) is 13.2 Å². The lowest BCUT2D eigenvalue weighted by atomic mass is 10.2. The predicted octanol–water partition coefficient (Wildman–Crippen LogP) is 2.62. The van der Waals surface area contributed by atoms with E-state index in [1.807, 2.05) is 0 Å². The van der Waals surface area contributed by atoms with Crippen LogP contribution in [0.15, 0.2) is 50.8 Å². The van der Waals surface area contributed by atoms with Crippen molar-refractivity contribution in [1.82, 2.24) is 14.1 Å². The zero-order chi connectivity index (χ0) is 26.8. The van der Waals surface area contributed by atoms with Crippen molar-refractivity contribution < 1.29 is 32.4 Å². The molecule has 0 spiro atoms. The number of benzene rings is 2. The van der Waals surface area contributed by atoms with Crippen LogP contribution in [0.1, 0.15) is 12.5 Å². The molecule has 3 rings (SSSR count). The molecule has 0 bridgehead atoms. The van der Waals surface area contributed by atoms with Crippen molar-refractivity contribution in [3.8, 4) is 17.2 Å². The second kappa shape index (κ2) is 10.1. The Morgan fingerprint density at radius 3 is 2.33 bits per heavy atom. The number of rotatable bonds is 7. The van der Waals surface area contributed by atoms with Gasteiger partial charge in [0, 0.05) is 18.2 Å². The SMILES string of the molecule is CCOC(=O)Cn1c(=O)[nH]c(=O)n(-c2cc(Oc3ccc(C(F)(F)F)c(Cl)c3)ccc2[N+](=O)[O-])c1=O. The van der Waals surface area contributed by atoms with Gasteiger partial charge in [0.1, 0.15) is 23.7 Å². The Kier molecular flexibility index (Phi) is 7.33. The number of carbonyl (C=O) groups excluding carboxylic acids is 1. The molecule has 0 radical (unpaired) electrons. The number of alkyl halides is 3. The zero-order valence-corrected chi connectivity index (χ0v) is 18.8. The largest absolute Gasteiger partial charge is 0.465 e. The molecule has 0 aliphatic carbocycles. The van der Waals surface area contributed by atoms with Crippen molar-refractivity contribution in [3.05, 3.63) is 88.6 Å². The van der Waals surface area contributed by atoms with Crippen molar-refractivity contribution in [2.24, 2.45) is 0 Å². The quantitative estimate of drug-likeness (QED) is 0.277. The molecule has 0 aliphatic rings. The van der Waals surface area contributed by atoms with Gasteiger partial charge in [0.2, 0.25) is 0 Å². The van der Waals surface area contributed by atoms with Crippen molar-refractivity contribution in [2.45, 2.75) is 19.6 Å². The second-order valence-corrected chi connectivity index (χ2v) is 7.30. The lowest BCUT2D eigenvalue weighted by Crippen LogP contribution is -2.49. The summed E-state index contributed by atoms with van der Waals surface area (Å²) in [5, 5.41) is 10.9. The third-order valence-corrected chi connectivity index (χ3v) is 4.86. The highest BCUT2D eigenvalue weighted by Crippen LogP contribution is 2.37. The van der Waals surface area contributed by atoms with Gasteiger partial charge >= 0.3 is 29.2 Å². The normalized spacial score (nSPS) is 11.2. The van der Waals surface area contributed by atoms with Crippen LogP contribution < -0.4 is 21.8 Å². The van der Waals surface area contributed by atoms with Gasteiger partial charge in [-0.15, -0.1) is 0 Å². The molecule has 0 atom stereocenters. The van der Waals surface area contributed by atoms with Crippen molar-refractivity contribution >= 4 is 23.3 Å². The number of halogens is 4. The average molecular weight is 531 g/mol. The number of aromatic nitrogens is 3. The first kappa shape index (κ1) is 26.2. The van der Waals surface area contributed by atoms with Crippen LogP contribution in [0.25, 0.3) is 5.69 Å². The molecule has 0 aliphatic heterocycles. The van der Waals surface area contributed by atoms with Gasteiger partial charge in [-0.05, 0) is 25.1 Å². The van der Waals surface area contributed by atoms with Gasteiger partial charge in [0.25, 0.3) is 5.69 Å². The number of aromatic amines is 1. The third kappa shape index (κ3) is 5.46. The van der Waals surface area contributed by atoms with Crippen LogP contribution in [-0.2, 0) is 22.3 Å². The number of hydrogen-bond donors (Lipinski definition) is 1. The summed E-state index contributed by atoms with van der Waals surface area (Å²) in [6.45, 7) is 0.519. The minimum Gasteiger partial charge on any atom is -0.465 e. The Balaban J connectivity index is 2.13. The standard InChI is InChI=1S/C20H14ClF3N4O8/c1-2-35-16(29)9-26-17(30)25-18(31)27(19(26)32)15-8-11(4-6-14(15)28(33)34)36-10-3-5-12(13(21)7-10)20(22,23)24/h3-8H,2,9H2,1H3,(H,25,30,31). The number of nitrogens with one attached hydrogen (secondary N) is 1. The molecule has 3 aromatic rings. The minimum atomic E-state index is -4.72. The predicted molar refractivity (Wildman–Crippen MR) is 117 cm³/mol. The van der Waals surface area contributed by atoms with Crippen LogP contribution in [0.4, 0.5) is 18.9 Å². The third-order valence-electron chi connectivity index (χ3n) is 4.54. The van der Waals surface area contributed by atoms with E-state index in [1.165, 1.54) is 6.92 Å². The first-order valence-corrected chi connectivity index (χ1v) is 10.2. The van der Waals surface area contributed by atoms with E-state index in [1.54, 1.807) is 4.98 Å². The van der Waals surface area contributed by atoms with E-state index in [0.717, 1.165) is 30.3 Å². The molecule has 2 aromatic carbocycles. The van der Waals surface area contributed by atoms with Crippen LogP contribution in [0, 0.1) is 10.1 Å². The summed E-state index contributed by atoms with van der Waals surface area (Å²) < 4.78 is 49.4. The molecule has 1 N–H and O–H groups in total. The molecular formula is C20H14ClF3N4O8. The van der Waals surface area contributed by atoms with Gasteiger partial charge in [0.15, 0.2) is 0 Å². The molecular weight excluding hydrogens is 517 g/mol. The topological polar surface area (TPSA) is 156 Å². The van der Waals surface area contributed by atoms with Crippen molar-refractivity contribution in [1.29, 1.82) is 0 Å². The van der Waals surface area contributed by atoms with Crippen molar-refractivity contribution in [2.75, 3.05) is 6.61 Å². The lowest BCUT2D eigenvalue weighted by molar-refractivity contribution is -0.384. The number of hydrogen-bond acceptors (Lipinski definition) is 8. The smallest absolute Gasteiger partial charge is 0.417 e. The summed E-state index contributed by atoms with van der Waals surface area (Å²) in [4.78, 5) is 61.6. The number of nitrogens with zero attached hydrogens (tertiary/aromatic N) is 3. The van der Waals surface area contributed by atoms with E-state index in [2.05, 4.69) is 4.74 Å². The number of nitro groups is 1. The maximum atomic E-state index is 12.9. The van der Waals surface area contributed by atoms with Crippen LogP contribution >= 0.6 is 11.6 Å². The summed E-state index contributed by atoms with van der Waals surface area (Å²) in [6, 6.07) is 5.24. The van der Waals surface area contributed by atoms with Crippen LogP contribution in [0.3, 0.4) is 0 Å². The lowest BCUT2D eigenvalue weighted by Gasteiger charge is -2.13. The van der Waals surface area contributed by atoms with E-state index >= 15 is 0 Å². The summed E-state index contributed by atoms with van der Waals surface area (Å²) >= 11 is 5.66.